The van der Waals surface area contributed by atoms with E-state index in [9.17, 15) is 13.2 Å². The van der Waals surface area contributed by atoms with Gasteiger partial charge in [-0.15, -0.1) is 0 Å². The summed E-state index contributed by atoms with van der Waals surface area (Å²) in [6, 6.07) is 11.0. The van der Waals surface area contributed by atoms with Gasteiger partial charge in [0, 0.05) is 48.5 Å². The quantitative estimate of drug-likeness (QED) is 0.739. The number of pyridine rings is 1. The lowest BCUT2D eigenvalue weighted by atomic mass is 10.2. The maximum Gasteiger partial charge on any atom is 0.255 e. The fourth-order valence-electron chi connectivity index (χ4n) is 2.67. The first-order valence-electron chi connectivity index (χ1n) is 8.09. The highest BCUT2D eigenvalue weighted by Gasteiger charge is 2.27. The molecule has 0 bridgehead atoms. The van der Waals surface area contributed by atoms with Crippen LogP contribution in [-0.2, 0) is 10.0 Å². The molecule has 2 heterocycles. The number of hydrogen-bond acceptors (Lipinski definition) is 4. The van der Waals surface area contributed by atoms with Gasteiger partial charge in [0.05, 0.1) is 5.56 Å². The van der Waals surface area contributed by atoms with E-state index in [2.05, 4.69) is 20.9 Å². The molecule has 1 amide bonds. The molecule has 3 rings (SSSR count). The molecule has 0 N–H and O–H groups in total. The molecule has 0 unspecified atom stereocenters. The molecular formula is C18H18BrN3O3S. The third kappa shape index (κ3) is 4.57. The highest BCUT2D eigenvalue weighted by molar-refractivity contribution is 9.10. The van der Waals surface area contributed by atoms with Crippen molar-refractivity contribution in [2.75, 3.05) is 26.2 Å². The molecule has 1 saturated heterocycles. The average Bonchev–Trinajstić information content (AvgIpc) is 2.67. The lowest BCUT2D eigenvalue weighted by Crippen LogP contribution is -2.50. The Morgan fingerprint density at radius 1 is 1.08 bits per heavy atom. The van der Waals surface area contributed by atoms with Crippen molar-refractivity contribution in [3.05, 3.63) is 69.8 Å². The summed E-state index contributed by atoms with van der Waals surface area (Å²) in [6.07, 6.45) is 4.71. The van der Waals surface area contributed by atoms with Gasteiger partial charge in [-0.05, 0) is 33.6 Å². The van der Waals surface area contributed by atoms with Crippen molar-refractivity contribution < 1.29 is 13.2 Å². The minimum atomic E-state index is -3.51. The molecule has 1 fully saturated rings. The summed E-state index contributed by atoms with van der Waals surface area (Å²) in [5.41, 5.74) is 1.31. The molecule has 8 heteroatoms. The maximum atomic E-state index is 12.5. The number of benzene rings is 1. The number of halogens is 1. The second-order valence-electron chi connectivity index (χ2n) is 5.84. The minimum Gasteiger partial charge on any atom is -0.336 e. The Hall–Kier alpha value is -2.03. The largest absolute Gasteiger partial charge is 0.336 e. The van der Waals surface area contributed by atoms with Crippen molar-refractivity contribution in [3.8, 4) is 0 Å². The second-order valence-corrected chi connectivity index (χ2v) is 8.58. The highest BCUT2D eigenvalue weighted by atomic mass is 79.9. The molecule has 26 heavy (non-hydrogen) atoms. The second kappa shape index (κ2) is 8.11. The molecule has 1 aromatic carbocycles. The standard InChI is InChI=1S/C18H18BrN3O3S/c19-17-12-16(13-20-14-17)18(23)21-7-9-22(10-8-21)26(24,25)11-6-15-4-2-1-3-5-15/h1-6,11-14H,7-10H2. The van der Waals surface area contributed by atoms with Gasteiger partial charge in [-0.25, -0.2) is 8.42 Å². The topological polar surface area (TPSA) is 70.6 Å². The normalized spacial score (nSPS) is 16.1. The van der Waals surface area contributed by atoms with Gasteiger partial charge < -0.3 is 4.90 Å². The Kier molecular flexibility index (Phi) is 5.85. The van der Waals surface area contributed by atoms with Crippen LogP contribution < -0.4 is 0 Å². The van der Waals surface area contributed by atoms with E-state index in [4.69, 9.17) is 0 Å². The fourth-order valence-corrected chi connectivity index (χ4v) is 4.21. The molecule has 1 aromatic heterocycles. The van der Waals surface area contributed by atoms with E-state index in [0.29, 0.717) is 18.7 Å². The molecule has 0 spiro atoms. The molecule has 6 nitrogen and oxygen atoms in total. The summed E-state index contributed by atoms with van der Waals surface area (Å²) in [5, 5.41) is 1.22. The fraction of sp³-hybridized carbons (Fsp3) is 0.222. The molecule has 0 aliphatic carbocycles. The van der Waals surface area contributed by atoms with Crippen LogP contribution in [0.4, 0.5) is 0 Å². The van der Waals surface area contributed by atoms with E-state index in [1.165, 1.54) is 15.9 Å². The van der Waals surface area contributed by atoms with E-state index in [0.717, 1.165) is 10.0 Å². The summed E-state index contributed by atoms with van der Waals surface area (Å²) in [6.45, 7) is 1.25. The van der Waals surface area contributed by atoms with Crippen LogP contribution in [0.5, 0.6) is 0 Å². The van der Waals surface area contributed by atoms with Crippen molar-refractivity contribution in [1.82, 2.24) is 14.2 Å². The molecule has 2 aromatic rings. The number of carbonyl (C=O) groups excluding carboxylic acids is 1. The van der Waals surface area contributed by atoms with Crippen molar-refractivity contribution >= 4 is 37.9 Å². The molecule has 0 radical (unpaired) electrons. The van der Waals surface area contributed by atoms with Gasteiger partial charge in [0.15, 0.2) is 0 Å². The van der Waals surface area contributed by atoms with E-state index >= 15 is 0 Å². The predicted molar refractivity (Wildman–Crippen MR) is 104 cm³/mol. The highest BCUT2D eigenvalue weighted by Crippen LogP contribution is 2.15. The Bertz CT molecular complexity index is 908. The van der Waals surface area contributed by atoms with Crippen LogP contribution in [0, 0.1) is 0 Å². The molecule has 136 valence electrons. The Morgan fingerprint density at radius 2 is 1.77 bits per heavy atom. The molecule has 1 aliphatic heterocycles. The summed E-state index contributed by atoms with van der Waals surface area (Å²) in [5.74, 6) is -0.143. The summed E-state index contributed by atoms with van der Waals surface area (Å²) < 4.78 is 27.1. The van der Waals surface area contributed by atoms with Crippen molar-refractivity contribution in [2.45, 2.75) is 0 Å². The van der Waals surface area contributed by atoms with Gasteiger partial charge in [-0.3, -0.25) is 9.78 Å². The summed E-state index contributed by atoms with van der Waals surface area (Å²) in [4.78, 5) is 18.1. The van der Waals surface area contributed by atoms with Crippen molar-refractivity contribution in [2.24, 2.45) is 0 Å². The monoisotopic (exact) mass is 435 g/mol. The average molecular weight is 436 g/mol. The smallest absolute Gasteiger partial charge is 0.255 e. The van der Waals surface area contributed by atoms with Crippen LogP contribution in [0.3, 0.4) is 0 Å². The van der Waals surface area contributed by atoms with E-state index in [-0.39, 0.29) is 19.0 Å². The van der Waals surface area contributed by atoms with Crippen LogP contribution in [-0.4, -0.2) is 54.7 Å². The predicted octanol–water partition coefficient (Wildman–Crippen LogP) is 2.60. The number of nitrogens with zero attached hydrogens (tertiary/aromatic N) is 3. The number of hydrogen-bond donors (Lipinski definition) is 0. The van der Waals surface area contributed by atoms with Crippen LogP contribution in [0.15, 0.2) is 58.7 Å². The third-order valence-corrected chi connectivity index (χ3v) is 6.07. The number of rotatable bonds is 4. The minimum absolute atomic E-state index is 0.143. The summed E-state index contributed by atoms with van der Waals surface area (Å²) >= 11 is 3.30. The van der Waals surface area contributed by atoms with Crippen LogP contribution >= 0.6 is 15.9 Å². The first kappa shape index (κ1) is 18.8. The van der Waals surface area contributed by atoms with Gasteiger partial charge in [0.25, 0.3) is 5.91 Å². The molecule has 0 saturated carbocycles. The lowest BCUT2D eigenvalue weighted by molar-refractivity contribution is 0.0698. The van der Waals surface area contributed by atoms with Crippen LogP contribution in [0.1, 0.15) is 15.9 Å². The Morgan fingerprint density at radius 3 is 2.42 bits per heavy atom. The van der Waals surface area contributed by atoms with Gasteiger partial charge in [-0.2, -0.15) is 4.31 Å². The van der Waals surface area contributed by atoms with Crippen LogP contribution in [0.2, 0.25) is 0 Å². The molecular weight excluding hydrogens is 418 g/mol. The number of carbonyl (C=O) groups is 1. The van der Waals surface area contributed by atoms with E-state index in [1.54, 1.807) is 23.2 Å². The van der Waals surface area contributed by atoms with Gasteiger partial charge >= 0.3 is 0 Å². The Labute approximate surface area is 161 Å². The van der Waals surface area contributed by atoms with Gasteiger partial charge in [0.2, 0.25) is 10.0 Å². The number of sulfonamides is 1. The molecule has 0 atom stereocenters. The molecule has 1 aliphatic rings. The van der Waals surface area contributed by atoms with Crippen molar-refractivity contribution in [1.29, 1.82) is 0 Å². The van der Waals surface area contributed by atoms with Crippen molar-refractivity contribution in [3.63, 3.8) is 0 Å². The SMILES string of the molecule is O=C(c1cncc(Br)c1)N1CCN(S(=O)(=O)C=Cc2ccccc2)CC1. The third-order valence-electron chi connectivity index (χ3n) is 4.07. The number of aromatic nitrogens is 1. The zero-order chi connectivity index (χ0) is 18.6. The first-order valence-corrected chi connectivity index (χ1v) is 10.4. The zero-order valence-corrected chi connectivity index (χ0v) is 16.4. The van der Waals surface area contributed by atoms with E-state index in [1.807, 2.05) is 30.3 Å². The van der Waals surface area contributed by atoms with Gasteiger partial charge in [-0.1, -0.05) is 30.3 Å². The Balaban J connectivity index is 1.62. The number of piperazine rings is 1. The van der Waals surface area contributed by atoms with Gasteiger partial charge in [0.1, 0.15) is 0 Å². The van der Waals surface area contributed by atoms with E-state index < -0.39 is 10.0 Å². The maximum absolute atomic E-state index is 12.5. The lowest BCUT2D eigenvalue weighted by Gasteiger charge is -2.33. The first-order chi connectivity index (χ1) is 12.5. The number of amides is 1. The van der Waals surface area contributed by atoms with Crippen LogP contribution in [0.25, 0.3) is 6.08 Å². The summed E-state index contributed by atoms with van der Waals surface area (Å²) in [7, 11) is -3.51. The zero-order valence-electron chi connectivity index (χ0n) is 14.0.